The zero-order valence-electron chi connectivity index (χ0n) is 8.97. The standard InChI is InChI=1S/C13H16ClF/c1-9-2-4-10(5-3-9)12-7-6-11(14)8-13(12)15/h6-10H,2-5H2,1H3. The molecule has 0 bridgehead atoms. The molecule has 0 radical (unpaired) electrons. The average Bonchev–Trinajstić information content (AvgIpc) is 2.20. The first-order valence-electron chi connectivity index (χ1n) is 5.62. The Kier molecular flexibility index (Phi) is 3.30. The van der Waals surface area contributed by atoms with Gasteiger partial charge in [0.05, 0.1) is 0 Å². The van der Waals surface area contributed by atoms with Crippen LogP contribution in [0.25, 0.3) is 0 Å². The van der Waals surface area contributed by atoms with Crippen molar-refractivity contribution >= 4 is 11.6 Å². The second kappa shape index (κ2) is 4.52. The predicted molar refractivity (Wildman–Crippen MR) is 61.8 cm³/mol. The molecule has 15 heavy (non-hydrogen) atoms. The van der Waals surface area contributed by atoms with Crippen molar-refractivity contribution in [3.05, 3.63) is 34.6 Å². The van der Waals surface area contributed by atoms with Crippen LogP contribution in [0.5, 0.6) is 0 Å². The van der Waals surface area contributed by atoms with Gasteiger partial charge in [0, 0.05) is 5.02 Å². The minimum Gasteiger partial charge on any atom is -0.207 e. The van der Waals surface area contributed by atoms with Gasteiger partial charge < -0.3 is 0 Å². The third-order valence-corrected chi connectivity index (χ3v) is 3.65. The van der Waals surface area contributed by atoms with Gasteiger partial charge in [0.1, 0.15) is 5.82 Å². The lowest BCUT2D eigenvalue weighted by atomic mass is 9.79. The van der Waals surface area contributed by atoms with E-state index in [9.17, 15) is 4.39 Å². The van der Waals surface area contributed by atoms with Crippen LogP contribution in [-0.2, 0) is 0 Å². The minimum absolute atomic E-state index is 0.137. The molecule has 1 aromatic rings. The summed E-state index contributed by atoms with van der Waals surface area (Å²) in [5.74, 6) is 1.07. The normalized spacial score (nSPS) is 26.6. The van der Waals surface area contributed by atoms with Crippen LogP contribution in [0.15, 0.2) is 18.2 Å². The summed E-state index contributed by atoms with van der Waals surface area (Å²) < 4.78 is 13.6. The van der Waals surface area contributed by atoms with E-state index in [1.807, 2.05) is 6.07 Å². The quantitative estimate of drug-likeness (QED) is 0.647. The molecule has 0 atom stereocenters. The molecule has 1 aromatic carbocycles. The Morgan fingerprint density at radius 3 is 2.47 bits per heavy atom. The van der Waals surface area contributed by atoms with Crippen LogP contribution in [0, 0.1) is 11.7 Å². The molecule has 0 saturated heterocycles. The first kappa shape index (κ1) is 10.9. The summed E-state index contributed by atoms with van der Waals surface area (Å²) in [4.78, 5) is 0. The maximum atomic E-state index is 13.6. The van der Waals surface area contributed by atoms with Crippen molar-refractivity contribution in [2.75, 3.05) is 0 Å². The van der Waals surface area contributed by atoms with Gasteiger partial charge in [-0.1, -0.05) is 37.4 Å². The van der Waals surface area contributed by atoms with Crippen LogP contribution in [0.2, 0.25) is 5.02 Å². The van der Waals surface area contributed by atoms with Gasteiger partial charge in [-0.2, -0.15) is 0 Å². The molecule has 0 amide bonds. The highest BCUT2D eigenvalue weighted by Crippen LogP contribution is 2.36. The Bertz CT molecular complexity index is 340. The monoisotopic (exact) mass is 226 g/mol. The topological polar surface area (TPSA) is 0 Å². The zero-order valence-corrected chi connectivity index (χ0v) is 9.73. The third kappa shape index (κ3) is 2.52. The Labute approximate surface area is 95.4 Å². The Balaban J connectivity index is 2.15. The molecule has 1 fully saturated rings. The number of halogens is 2. The summed E-state index contributed by atoms with van der Waals surface area (Å²) in [7, 11) is 0. The van der Waals surface area contributed by atoms with Gasteiger partial charge in [0.2, 0.25) is 0 Å². The highest BCUT2D eigenvalue weighted by atomic mass is 35.5. The molecule has 0 unspecified atom stereocenters. The van der Waals surface area contributed by atoms with E-state index in [0.717, 1.165) is 24.3 Å². The van der Waals surface area contributed by atoms with Crippen molar-refractivity contribution in [3.8, 4) is 0 Å². The highest BCUT2D eigenvalue weighted by Gasteiger charge is 2.21. The van der Waals surface area contributed by atoms with E-state index in [0.29, 0.717) is 10.9 Å². The first-order valence-corrected chi connectivity index (χ1v) is 5.99. The van der Waals surface area contributed by atoms with Crippen molar-refractivity contribution in [3.63, 3.8) is 0 Å². The van der Waals surface area contributed by atoms with Gasteiger partial charge in [0.15, 0.2) is 0 Å². The summed E-state index contributed by atoms with van der Waals surface area (Å²) >= 11 is 5.74. The molecule has 0 heterocycles. The number of hydrogen-bond donors (Lipinski definition) is 0. The molecule has 0 spiro atoms. The molecular formula is C13H16ClF. The fraction of sp³-hybridized carbons (Fsp3) is 0.538. The predicted octanol–water partition coefficient (Wildman–Crippen LogP) is 4.77. The SMILES string of the molecule is CC1CCC(c2ccc(Cl)cc2F)CC1. The van der Waals surface area contributed by atoms with Crippen molar-refractivity contribution in [1.29, 1.82) is 0 Å². The van der Waals surface area contributed by atoms with Gasteiger partial charge in [-0.15, -0.1) is 0 Å². The van der Waals surface area contributed by atoms with Crippen LogP contribution in [-0.4, -0.2) is 0 Å². The van der Waals surface area contributed by atoms with Gasteiger partial charge in [-0.25, -0.2) is 4.39 Å². The third-order valence-electron chi connectivity index (χ3n) is 3.42. The first-order chi connectivity index (χ1) is 7.16. The molecule has 2 rings (SSSR count). The lowest BCUT2D eigenvalue weighted by Gasteiger charge is -2.26. The average molecular weight is 227 g/mol. The molecule has 1 aliphatic rings. The summed E-state index contributed by atoms with van der Waals surface area (Å²) in [6, 6.07) is 5.06. The Morgan fingerprint density at radius 2 is 1.87 bits per heavy atom. The number of benzene rings is 1. The van der Waals surface area contributed by atoms with Crippen LogP contribution >= 0.6 is 11.6 Å². The molecule has 0 aliphatic heterocycles. The number of hydrogen-bond acceptors (Lipinski definition) is 0. The van der Waals surface area contributed by atoms with E-state index in [1.54, 1.807) is 6.07 Å². The van der Waals surface area contributed by atoms with E-state index in [1.165, 1.54) is 18.9 Å². The van der Waals surface area contributed by atoms with E-state index in [4.69, 9.17) is 11.6 Å². The summed E-state index contributed by atoms with van der Waals surface area (Å²) in [6.45, 7) is 2.27. The van der Waals surface area contributed by atoms with Crippen LogP contribution in [0.4, 0.5) is 4.39 Å². The second-order valence-electron chi connectivity index (χ2n) is 4.62. The van der Waals surface area contributed by atoms with E-state index in [2.05, 4.69) is 6.92 Å². The van der Waals surface area contributed by atoms with E-state index < -0.39 is 0 Å². The minimum atomic E-state index is -0.137. The molecule has 2 heteroatoms. The van der Waals surface area contributed by atoms with E-state index in [-0.39, 0.29) is 5.82 Å². The molecular weight excluding hydrogens is 211 g/mol. The molecule has 0 N–H and O–H groups in total. The summed E-state index contributed by atoms with van der Waals surface area (Å²) in [5.41, 5.74) is 0.853. The summed E-state index contributed by atoms with van der Waals surface area (Å²) in [6.07, 6.45) is 4.65. The van der Waals surface area contributed by atoms with Crippen molar-refractivity contribution in [1.82, 2.24) is 0 Å². The Morgan fingerprint density at radius 1 is 1.20 bits per heavy atom. The zero-order chi connectivity index (χ0) is 10.8. The number of rotatable bonds is 1. The molecule has 0 aromatic heterocycles. The van der Waals surface area contributed by atoms with Crippen LogP contribution < -0.4 is 0 Å². The Hall–Kier alpha value is -0.560. The van der Waals surface area contributed by atoms with Gasteiger partial charge >= 0.3 is 0 Å². The lowest BCUT2D eigenvalue weighted by Crippen LogP contribution is -2.11. The van der Waals surface area contributed by atoms with Crippen molar-refractivity contribution < 1.29 is 4.39 Å². The van der Waals surface area contributed by atoms with Gasteiger partial charge in [-0.05, 0) is 42.4 Å². The lowest BCUT2D eigenvalue weighted by molar-refractivity contribution is 0.342. The van der Waals surface area contributed by atoms with Crippen molar-refractivity contribution in [2.45, 2.75) is 38.5 Å². The largest absolute Gasteiger partial charge is 0.207 e. The fourth-order valence-electron chi connectivity index (χ4n) is 2.40. The fourth-order valence-corrected chi connectivity index (χ4v) is 2.56. The smallest absolute Gasteiger partial charge is 0.128 e. The van der Waals surface area contributed by atoms with E-state index >= 15 is 0 Å². The second-order valence-corrected chi connectivity index (χ2v) is 5.06. The molecule has 82 valence electrons. The highest BCUT2D eigenvalue weighted by molar-refractivity contribution is 6.30. The van der Waals surface area contributed by atoms with Crippen molar-refractivity contribution in [2.24, 2.45) is 5.92 Å². The molecule has 0 nitrogen and oxygen atoms in total. The van der Waals surface area contributed by atoms with Crippen LogP contribution in [0.3, 0.4) is 0 Å². The maximum absolute atomic E-state index is 13.6. The van der Waals surface area contributed by atoms with Gasteiger partial charge in [-0.3, -0.25) is 0 Å². The maximum Gasteiger partial charge on any atom is 0.128 e. The van der Waals surface area contributed by atoms with Gasteiger partial charge in [0.25, 0.3) is 0 Å². The van der Waals surface area contributed by atoms with Crippen LogP contribution in [0.1, 0.15) is 44.1 Å². The molecule has 1 saturated carbocycles. The molecule has 1 aliphatic carbocycles. The summed E-state index contributed by atoms with van der Waals surface area (Å²) in [5, 5.41) is 0.487.